The predicted octanol–water partition coefficient (Wildman–Crippen LogP) is 2.42. The Morgan fingerprint density at radius 3 is 2.45 bits per heavy atom. The van der Waals surface area contributed by atoms with Crippen molar-refractivity contribution < 1.29 is 14.6 Å². The summed E-state index contributed by atoms with van der Waals surface area (Å²) in [7, 11) is 0. The van der Waals surface area contributed by atoms with E-state index in [4.69, 9.17) is 0 Å². The van der Waals surface area contributed by atoms with E-state index in [1.165, 1.54) is 0 Å². The number of unbranched alkanes of at least 4 members (excludes halogenated alkanes) is 2. The lowest BCUT2D eigenvalue weighted by Crippen LogP contribution is -2.25. The monoisotopic (exact) mass is 281 g/mol. The summed E-state index contributed by atoms with van der Waals surface area (Å²) in [5.41, 5.74) is -1.15. The topological polar surface area (TPSA) is 115 Å². The predicted molar refractivity (Wildman–Crippen MR) is 71.6 cm³/mol. The number of nitrogens with one attached hydrogen (secondary N) is 1. The third-order valence-corrected chi connectivity index (χ3v) is 2.70. The van der Waals surface area contributed by atoms with Gasteiger partial charge in [-0.2, -0.15) is 0 Å². The molecule has 0 aliphatic carbocycles. The van der Waals surface area contributed by atoms with E-state index in [0.717, 1.165) is 37.5 Å². The van der Waals surface area contributed by atoms with E-state index in [9.17, 15) is 25.0 Å². The molecule has 0 spiro atoms. The zero-order valence-corrected chi connectivity index (χ0v) is 11.0. The Bertz CT molecular complexity index is 530. The molecule has 0 radical (unpaired) electrons. The van der Waals surface area contributed by atoms with E-state index in [0.29, 0.717) is 6.54 Å². The second-order valence-electron chi connectivity index (χ2n) is 4.18. The molecule has 1 N–H and O–H groups in total. The molecule has 0 saturated heterocycles. The third-order valence-electron chi connectivity index (χ3n) is 2.70. The van der Waals surface area contributed by atoms with E-state index in [1.807, 2.05) is 6.92 Å². The highest BCUT2D eigenvalue weighted by molar-refractivity contribution is 5.98. The number of carbonyl (C=O) groups is 1. The standard InChI is InChI=1S/C12H15N3O5/c1-2-3-4-7-13-12(16)10-6-5-9(14(17)18)8-11(10)15(19)20/h5-6,8H,2-4,7H2,1H3,(H,13,16). The molecule has 0 saturated carbocycles. The van der Waals surface area contributed by atoms with Crippen LogP contribution in [0.15, 0.2) is 18.2 Å². The van der Waals surface area contributed by atoms with Gasteiger partial charge in [0.2, 0.25) is 0 Å². The minimum Gasteiger partial charge on any atom is -0.352 e. The van der Waals surface area contributed by atoms with Crippen molar-refractivity contribution in [1.82, 2.24) is 5.32 Å². The highest BCUT2D eigenvalue weighted by Gasteiger charge is 2.23. The number of carbonyl (C=O) groups excluding carboxylic acids is 1. The Morgan fingerprint density at radius 2 is 1.90 bits per heavy atom. The van der Waals surface area contributed by atoms with Gasteiger partial charge >= 0.3 is 0 Å². The van der Waals surface area contributed by atoms with E-state index in [2.05, 4.69) is 5.32 Å². The number of amides is 1. The maximum absolute atomic E-state index is 11.8. The molecule has 8 nitrogen and oxygen atoms in total. The highest BCUT2D eigenvalue weighted by Crippen LogP contribution is 2.24. The molecule has 0 bridgehead atoms. The average Bonchev–Trinajstić information content (AvgIpc) is 2.42. The molecule has 0 unspecified atom stereocenters. The van der Waals surface area contributed by atoms with Crippen molar-refractivity contribution >= 4 is 17.3 Å². The van der Waals surface area contributed by atoms with E-state index >= 15 is 0 Å². The SMILES string of the molecule is CCCCCNC(=O)c1ccc([N+](=O)[O-])cc1[N+](=O)[O-]. The summed E-state index contributed by atoms with van der Waals surface area (Å²) < 4.78 is 0. The summed E-state index contributed by atoms with van der Waals surface area (Å²) in [6, 6.07) is 2.97. The first-order chi connectivity index (χ1) is 9.47. The van der Waals surface area contributed by atoms with Crippen LogP contribution in [0.5, 0.6) is 0 Å². The normalized spacial score (nSPS) is 10.1. The van der Waals surface area contributed by atoms with Crippen LogP contribution in [0.2, 0.25) is 0 Å². The molecule has 0 heterocycles. The van der Waals surface area contributed by atoms with Gasteiger partial charge in [0.05, 0.1) is 15.9 Å². The fraction of sp³-hybridized carbons (Fsp3) is 0.417. The number of hydrogen-bond donors (Lipinski definition) is 1. The van der Waals surface area contributed by atoms with Gasteiger partial charge in [0.25, 0.3) is 17.3 Å². The molecule has 0 aliphatic rings. The lowest BCUT2D eigenvalue weighted by atomic mass is 10.1. The molecule has 0 atom stereocenters. The van der Waals surface area contributed by atoms with Gasteiger partial charge in [-0.1, -0.05) is 19.8 Å². The summed E-state index contributed by atoms with van der Waals surface area (Å²) in [6.45, 7) is 2.43. The molecule has 1 aromatic carbocycles. The third kappa shape index (κ3) is 4.01. The van der Waals surface area contributed by atoms with E-state index in [1.54, 1.807) is 0 Å². The Balaban J connectivity index is 2.90. The molecule has 1 rings (SSSR count). The van der Waals surface area contributed by atoms with Crippen molar-refractivity contribution in [3.63, 3.8) is 0 Å². The Hall–Kier alpha value is -2.51. The van der Waals surface area contributed by atoms with Gasteiger partial charge in [0.1, 0.15) is 5.56 Å². The molecule has 20 heavy (non-hydrogen) atoms. The molecule has 1 aromatic rings. The Kier molecular flexibility index (Phi) is 5.57. The minimum atomic E-state index is -0.798. The average molecular weight is 281 g/mol. The first-order valence-electron chi connectivity index (χ1n) is 6.18. The smallest absolute Gasteiger partial charge is 0.289 e. The van der Waals surface area contributed by atoms with Crippen molar-refractivity contribution in [3.05, 3.63) is 44.0 Å². The van der Waals surface area contributed by atoms with Crippen molar-refractivity contribution in [2.24, 2.45) is 0 Å². The molecule has 108 valence electrons. The van der Waals surface area contributed by atoms with Gasteiger partial charge in [0.15, 0.2) is 0 Å². The van der Waals surface area contributed by atoms with Gasteiger partial charge < -0.3 is 5.32 Å². The number of benzene rings is 1. The van der Waals surface area contributed by atoms with Crippen LogP contribution in [0, 0.1) is 20.2 Å². The molecule has 0 aromatic heterocycles. The molecular formula is C12H15N3O5. The number of non-ortho nitro benzene ring substituents is 1. The summed E-state index contributed by atoms with van der Waals surface area (Å²) in [5.74, 6) is -0.595. The minimum absolute atomic E-state index is 0.169. The van der Waals surface area contributed by atoms with Crippen LogP contribution in [-0.4, -0.2) is 22.3 Å². The van der Waals surface area contributed by atoms with Gasteiger partial charge in [-0.3, -0.25) is 25.0 Å². The molecule has 8 heteroatoms. The van der Waals surface area contributed by atoms with Crippen molar-refractivity contribution in [3.8, 4) is 0 Å². The summed E-state index contributed by atoms with van der Waals surface area (Å²) in [6.07, 6.45) is 2.72. The Morgan fingerprint density at radius 1 is 1.20 bits per heavy atom. The van der Waals surface area contributed by atoms with Crippen LogP contribution >= 0.6 is 0 Å². The first-order valence-corrected chi connectivity index (χ1v) is 6.18. The summed E-state index contributed by atoms with van der Waals surface area (Å²) in [5, 5.41) is 24.0. The van der Waals surface area contributed by atoms with Crippen molar-refractivity contribution in [2.45, 2.75) is 26.2 Å². The van der Waals surface area contributed by atoms with Crippen LogP contribution in [0.3, 0.4) is 0 Å². The molecule has 0 fully saturated rings. The van der Waals surface area contributed by atoms with Gasteiger partial charge in [-0.05, 0) is 12.5 Å². The fourth-order valence-electron chi connectivity index (χ4n) is 1.65. The number of rotatable bonds is 7. The second kappa shape index (κ2) is 7.17. The zero-order chi connectivity index (χ0) is 15.1. The lowest BCUT2D eigenvalue weighted by molar-refractivity contribution is -0.394. The lowest BCUT2D eigenvalue weighted by Gasteiger charge is -2.05. The highest BCUT2D eigenvalue weighted by atomic mass is 16.6. The second-order valence-corrected chi connectivity index (χ2v) is 4.18. The number of nitro benzene ring substituents is 2. The van der Waals surface area contributed by atoms with Crippen molar-refractivity contribution in [1.29, 1.82) is 0 Å². The number of nitrogens with zero attached hydrogens (tertiary/aromatic N) is 2. The maximum atomic E-state index is 11.8. The maximum Gasteiger partial charge on any atom is 0.289 e. The number of hydrogen-bond acceptors (Lipinski definition) is 5. The fourth-order valence-corrected chi connectivity index (χ4v) is 1.65. The van der Waals surface area contributed by atoms with E-state index in [-0.39, 0.29) is 5.56 Å². The van der Waals surface area contributed by atoms with E-state index < -0.39 is 27.1 Å². The molecule has 1 amide bonds. The number of nitro groups is 2. The van der Waals surface area contributed by atoms with Crippen LogP contribution in [0.1, 0.15) is 36.5 Å². The quantitative estimate of drug-likeness (QED) is 0.468. The van der Waals surface area contributed by atoms with Crippen LogP contribution in [0.4, 0.5) is 11.4 Å². The largest absolute Gasteiger partial charge is 0.352 e. The van der Waals surface area contributed by atoms with Gasteiger partial charge in [0, 0.05) is 12.6 Å². The summed E-state index contributed by atoms with van der Waals surface area (Å²) in [4.78, 5) is 31.8. The van der Waals surface area contributed by atoms with Gasteiger partial charge in [-0.25, -0.2) is 0 Å². The zero-order valence-electron chi connectivity index (χ0n) is 11.0. The van der Waals surface area contributed by atoms with Crippen LogP contribution < -0.4 is 5.32 Å². The molecule has 0 aliphatic heterocycles. The molecular weight excluding hydrogens is 266 g/mol. The summed E-state index contributed by atoms with van der Waals surface area (Å²) >= 11 is 0. The van der Waals surface area contributed by atoms with Crippen LogP contribution in [0.25, 0.3) is 0 Å². The van der Waals surface area contributed by atoms with Gasteiger partial charge in [-0.15, -0.1) is 0 Å². The van der Waals surface area contributed by atoms with Crippen LogP contribution in [-0.2, 0) is 0 Å². The Labute approximate surface area is 115 Å². The first kappa shape index (κ1) is 15.5. The van der Waals surface area contributed by atoms with Crippen molar-refractivity contribution in [2.75, 3.05) is 6.54 Å².